The molecule has 1 unspecified atom stereocenters. The molecule has 0 saturated carbocycles. The summed E-state index contributed by atoms with van der Waals surface area (Å²) >= 11 is 0. The maximum Gasteiger partial charge on any atom is 0.408 e. The predicted molar refractivity (Wildman–Crippen MR) is 116 cm³/mol. The lowest BCUT2D eigenvalue weighted by atomic mass is 9.98. The van der Waals surface area contributed by atoms with Crippen LogP contribution in [0.5, 0.6) is 0 Å². The first kappa shape index (κ1) is 20.7. The van der Waals surface area contributed by atoms with Crippen molar-refractivity contribution in [2.75, 3.05) is 6.61 Å². The first-order chi connectivity index (χ1) is 14.8. The number of carbonyl (C=O) groups is 2. The number of aryl methyl sites for hydroxylation is 1. The fraction of sp³-hybridized carbons (Fsp3) is 0.292. The van der Waals surface area contributed by atoms with E-state index in [1.54, 1.807) is 10.9 Å². The third-order valence-corrected chi connectivity index (χ3v) is 6.03. The fourth-order valence-corrected chi connectivity index (χ4v) is 4.06. The van der Waals surface area contributed by atoms with Crippen molar-refractivity contribution < 1.29 is 19.4 Å². The van der Waals surface area contributed by atoms with Crippen molar-refractivity contribution in [2.24, 2.45) is 0 Å². The highest BCUT2D eigenvalue weighted by atomic mass is 16.5. The minimum atomic E-state index is -1.54. The number of rotatable bonds is 6. The zero-order valence-corrected chi connectivity index (χ0v) is 17.8. The van der Waals surface area contributed by atoms with Gasteiger partial charge in [-0.3, -0.25) is 0 Å². The zero-order valence-electron chi connectivity index (χ0n) is 17.8. The van der Waals surface area contributed by atoms with Crippen LogP contribution in [0.3, 0.4) is 0 Å². The maximum atomic E-state index is 12.6. The second-order valence-corrected chi connectivity index (χ2v) is 8.13. The summed E-state index contributed by atoms with van der Waals surface area (Å²) in [4.78, 5) is 28.8. The summed E-state index contributed by atoms with van der Waals surface area (Å²) < 4.78 is 7.24. The number of fused-ring (bicyclic) bond motifs is 3. The highest BCUT2D eigenvalue weighted by Gasteiger charge is 2.37. The molecule has 160 valence electrons. The van der Waals surface area contributed by atoms with E-state index in [1.807, 2.05) is 50.2 Å². The maximum absolute atomic E-state index is 12.6. The lowest BCUT2D eigenvalue weighted by molar-refractivity contribution is -0.144. The van der Waals surface area contributed by atoms with Gasteiger partial charge in [0, 0.05) is 11.6 Å². The van der Waals surface area contributed by atoms with Crippen LogP contribution in [0.1, 0.15) is 35.4 Å². The molecular weight excluding hydrogens is 394 g/mol. The molecule has 0 saturated heterocycles. The summed E-state index contributed by atoms with van der Waals surface area (Å²) in [7, 11) is 0. The van der Waals surface area contributed by atoms with Crippen LogP contribution in [0.15, 0.2) is 54.9 Å². The number of hydrogen-bond acceptors (Lipinski definition) is 4. The molecule has 7 heteroatoms. The molecule has 4 rings (SSSR count). The quantitative estimate of drug-likeness (QED) is 0.632. The van der Waals surface area contributed by atoms with Gasteiger partial charge in [0.2, 0.25) is 0 Å². The summed E-state index contributed by atoms with van der Waals surface area (Å²) in [5, 5.41) is 12.3. The van der Waals surface area contributed by atoms with E-state index in [9.17, 15) is 14.7 Å². The van der Waals surface area contributed by atoms with Crippen LogP contribution >= 0.6 is 0 Å². The van der Waals surface area contributed by atoms with E-state index in [1.165, 1.54) is 6.92 Å². The Kier molecular flexibility index (Phi) is 5.27. The number of carbonyl (C=O) groups excluding carboxylic acids is 1. The van der Waals surface area contributed by atoms with Gasteiger partial charge in [-0.2, -0.15) is 0 Å². The summed E-state index contributed by atoms with van der Waals surface area (Å²) in [6.07, 6.45) is 0.812. The number of carboxylic acids is 1. The van der Waals surface area contributed by atoms with E-state index >= 15 is 0 Å². The van der Waals surface area contributed by atoms with E-state index in [4.69, 9.17) is 4.74 Å². The Labute approximate surface area is 180 Å². The summed E-state index contributed by atoms with van der Waals surface area (Å²) in [5.74, 6) is -1.24. The van der Waals surface area contributed by atoms with Gasteiger partial charge in [0.05, 0.1) is 18.6 Å². The SMILES string of the molecule is Cc1ncn(CC(C)(NC(=O)OCC2c3ccccc3-c3ccccc32)C(=O)O)c1C. The fourth-order valence-electron chi connectivity index (χ4n) is 4.06. The third-order valence-electron chi connectivity index (χ3n) is 6.03. The molecule has 0 bridgehead atoms. The first-order valence-corrected chi connectivity index (χ1v) is 10.1. The number of amides is 1. The molecule has 3 aromatic rings. The van der Waals surface area contributed by atoms with Gasteiger partial charge in [0.1, 0.15) is 6.61 Å². The third kappa shape index (κ3) is 3.79. The van der Waals surface area contributed by atoms with Gasteiger partial charge >= 0.3 is 12.1 Å². The smallest absolute Gasteiger partial charge is 0.408 e. The molecule has 31 heavy (non-hydrogen) atoms. The molecule has 1 amide bonds. The Morgan fingerprint density at radius 1 is 1.10 bits per heavy atom. The number of carboxylic acid groups (broad SMARTS) is 1. The van der Waals surface area contributed by atoms with E-state index in [-0.39, 0.29) is 19.1 Å². The van der Waals surface area contributed by atoms with Crippen molar-refractivity contribution in [3.8, 4) is 11.1 Å². The Hall–Kier alpha value is -3.61. The molecule has 0 radical (unpaired) electrons. The number of hydrogen-bond donors (Lipinski definition) is 2. The highest BCUT2D eigenvalue weighted by Crippen LogP contribution is 2.44. The van der Waals surface area contributed by atoms with E-state index in [0.29, 0.717) is 0 Å². The predicted octanol–water partition coefficient (Wildman–Crippen LogP) is 3.88. The van der Waals surface area contributed by atoms with E-state index in [2.05, 4.69) is 22.4 Å². The molecule has 1 aromatic heterocycles. The van der Waals surface area contributed by atoms with Crippen LogP contribution in [0.4, 0.5) is 4.79 Å². The summed E-state index contributed by atoms with van der Waals surface area (Å²) in [5.41, 5.74) is 4.59. The summed E-state index contributed by atoms with van der Waals surface area (Å²) in [6, 6.07) is 16.1. The lowest BCUT2D eigenvalue weighted by Crippen LogP contribution is -2.55. The number of aliphatic carboxylic acids is 1. The van der Waals surface area contributed by atoms with Gasteiger partial charge in [0.25, 0.3) is 0 Å². The Bertz CT molecular complexity index is 1110. The van der Waals surface area contributed by atoms with Crippen molar-refractivity contribution in [1.29, 1.82) is 0 Å². The van der Waals surface area contributed by atoms with Crippen LogP contribution in [0, 0.1) is 13.8 Å². The molecule has 0 aliphatic heterocycles. The number of imidazole rings is 1. The Morgan fingerprint density at radius 2 is 1.68 bits per heavy atom. The van der Waals surface area contributed by atoms with E-state index in [0.717, 1.165) is 33.6 Å². The van der Waals surface area contributed by atoms with Crippen molar-refractivity contribution in [3.63, 3.8) is 0 Å². The Balaban J connectivity index is 1.48. The molecule has 1 atom stereocenters. The number of benzene rings is 2. The normalized spacial score (nSPS) is 14.4. The summed E-state index contributed by atoms with van der Waals surface area (Å²) in [6.45, 7) is 5.34. The minimum absolute atomic E-state index is 0.0409. The van der Waals surface area contributed by atoms with Crippen LogP contribution < -0.4 is 5.32 Å². The van der Waals surface area contributed by atoms with Gasteiger partial charge in [-0.25, -0.2) is 14.6 Å². The first-order valence-electron chi connectivity index (χ1n) is 10.1. The van der Waals surface area contributed by atoms with Gasteiger partial charge in [-0.1, -0.05) is 48.5 Å². The Morgan fingerprint density at radius 3 is 2.19 bits per heavy atom. The van der Waals surface area contributed by atoms with Crippen molar-refractivity contribution in [2.45, 2.75) is 38.8 Å². The zero-order chi connectivity index (χ0) is 22.2. The standard InChI is InChI=1S/C24H25N3O4/c1-15-16(2)27(14-25-15)13-24(3,22(28)29)26-23(30)31-12-21-19-10-6-4-8-17(19)18-9-5-7-11-20(18)21/h4-11,14,21H,12-13H2,1-3H3,(H,26,30)(H,28,29). The van der Waals surface area contributed by atoms with Gasteiger partial charge in [0.15, 0.2) is 5.54 Å². The lowest BCUT2D eigenvalue weighted by Gasteiger charge is -2.27. The van der Waals surface area contributed by atoms with Crippen LogP contribution in [-0.2, 0) is 16.1 Å². The largest absolute Gasteiger partial charge is 0.479 e. The van der Waals surface area contributed by atoms with Gasteiger partial charge in [-0.15, -0.1) is 0 Å². The molecular formula is C24H25N3O4. The van der Waals surface area contributed by atoms with Gasteiger partial charge in [-0.05, 0) is 43.0 Å². The molecule has 1 heterocycles. The average Bonchev–Trinajstić information content (AvgIpc) is 3.24. The van der Waals surface area contributed by atoms with Crippen LogP contribution in [0.2, 0.25) is 0 Å². The topological polar surface area (TPSA) is 93.5 Å². The highest BCUT2D eigenvalue weighted by molar-refractivity contribution is 5.84. The molecule has 2 N–H and O–H groups in total. The van der Waals surface area contributed by atoms with Crippen LogP contribution in [0.25, 0.3) is 11.1 Å². The molecule has 0 spiro atoms. The monoisotopic (exact) mass is 419 g/mol. The molecule has 7 nitrogen and oxygen atoms in total. The van der Waals surface area contributed by atoms with Crippen LogP contribution in [-0.4, -0.2) is 38.9 Å². The molecule has 1 aliphatic carbocycles. The second kappa shape index (κ2) is 7.91. The minimum Gasteiger partial charge on any atom is -0.479 e. The molecule has 1 aliphatic rings. The molecule has 2 aromatic carbocycles. The van der Waals surface area contributed by atoms with Gasteiger partial charge < -0.3 is 19.7 Å². The molecule has 0 fully saturated rings. The van der Waals surface area contributed by atoms with Crippen molar-refractivity contribution >= 4 is 12.1 Å². The van der Waals surface area contributed by atoms with E-state index < -0.39 is 17.6 Å². The number of aromatic nitrogens is 2. The number of nitrogens with one attached hydrogen (secondary N) is 1. The number of ether oxygens (including phenoxy) is 1. The van der Waals surface area contributed by atoms with Crippen molar-refractivity contribution in [3.05, 3.63) is 77.4 Å². The number of nitrogens with zero attached hydrogens (tertiary/aromatic N) is 2. The number of alkyl carbamates (subject to hydrolysis) is 1. The second-order valence-electron chi connectivity index (χ2n) is 8.13. The van der Waals surface area contributed by atoms with Crippen molar-refractivity contribution in [1.82, 2.24) is 14.9 Å². The average molecular weight is 419 g/mol.